The van der Waals surface area contributed by atoms with Gasteiger partial charge in [0.25, 0.3) is 5.89 Å². The van der Waals surface area contributed by atoms with E-state index in [1.54, 1.807) is 12.1 Å². The maximum absolute atomic E-state index is 12.2. The van der Waals surface area contributed by atoms with E-state index in [0.29, 0.717) is 30.0 Å². The van der Waals surface area contributed by atoms with Gasteiger partial charge in [-0.1, -0.05) is 47.6 Å². The first kappa shape index (κ1) is 21.3. The summed E-state index contributed by atoms with van der Waals surface area (Å²) in [6.07, 6.45) is -3.13. The molecule has 0 radical (unpaired) electrons. The van der Waals surface area contributed by atoms with E-state index < -0.39 is 12.1 Å². The minimum Gasteiger partial charge on any atom is -0.481 e. The smallest absolute Gasteiger partial charge is 0.409 e. The highest BCUT2D eigenvalue weighted by Gasteiger charge is 2.21. The van der Waals surface area contributed by atoms with Crippen LogP contribution in [0, 0.1) is 0 Å². The van der Waals surface area contributed by atoms with Crippen LogP contribution in [0.3, 0.4) is 0 Å². The number of carboxylic acid groups (broad SMARTS) is 1. The van der Waals surface area contributed by atoms with E-state index in [-0.39, 0.29) is 18.4 Å². The summed E-state index contributed by atoms with van der Waals surface area (Å²) in [4.78, 5) is 14.8. The second-order valence-electron chi connectivity index (χ2n) is 6.44. The average molecular weight is 417 g/mol. The Morgan fingerprint density at radius 3 is 2.37 bits per heavy atom. The average Bonchev–Trinajstić information content (AvgIpc) is 3.20. The highest BCUT2D eigenvalue weighted by atomic mass is 19.4. The number of nitrogens with one attached hydrogen (secondary N) is 1. The third kappa shape index (κ3) is 6.28. The fourth-order valence-electron chi connectivity index (χ4n) is 2.59. The lowest BCUT2D eigenvalue weighted by Crippen LogP contribution is -2.17. The lowest BCUT2D eigenvalue weighted by atomic mass is 10.1. The number of hydrogen-bond donors (Lipinski definition) is 2. The summed E-state index contributed by atoms with van der Waals surface area (Å²) < 4.78 is 42.0. The molecular formula is C21H18F3N3O3. The minimum absolute atomic E-state index is 0.0588. The number of allylic oxidation sites excluding steroid dienone is 1. The van der Waals surface area contributed by atoms with Gasteiger partial charge in [-0.25, -0.2) is 0 Å². The van der Waals surface area contributed by atoms with Crippen LogP contribution in [0.2, 0.25) is 0 Å². The molecule has 0 saturated carbocycles. The first-order chi connectivity index (χ1) is 14.3. The Balaban J connectivity index is 1.63. The van der Waals surface area contributed by atoms with E-state index in [9.17, 15) is 18.0 Å². The van der Waals surface area contributed by atoms with Gasteiger partial charge in [0.2, 0.25) is 5.82 Å². The Labute approximate surface area is 170 Å². The number of hydrogen-bond acceptors (Lipinski definition) is 5. The molecule has 3 rings (SSSR count). The number of halogens is 3. The summed E-state index contributed by atoms with van der Waals surface area (Å²) in [5.74, 6) is -0.203. The van der Waals surface area contributed by atoms with E-state index in [1.165, 1.54) is 12.1 Å². The molecule has 0 spiro atoms. The molecule has 1 heterocycles. The zero-order valence-electron chi connectivity index (χ0n) is 15.7. The largest absolute Gasteiger partial charge is 0.481 e. The van der Waals surface area contributed by atoms with Crippen molar-refractivity contribution in [3.05, 3.63) is 65.7 Å². The SMILES string of the molecule is O=C(O)CCNCc1ccc(-c2noc(-c3ccc(/C=C/C(F)(F)F)cc3)n2)cc1. The van der Waals surface area contributed by atoms with Gasteiger partial charge in [-0.15, -0.1) is 0 Å². The number of aliphatic carboxylic acids is 1. The molecule has 0 bridgehead atoms. The van der Waals surface area contributed by atoms with Gasteiger partial charge in [0.15, 0.2) is 0 Å². The molecular weight excluding hydrogens is 399 g/mol. The quantitative estimate of drug-likeness (QED) is 0.523. The van der Waals surface area contributed by atoms with Crippen molar-refractivity contribution in [2.24, 2.45) is 0 Å². The molecule has 2 N–H and O–H groups in total. The molecule has 0 aliphatic carbocycles. The summed E-state index contributed by atoms with van der Waals surface area (Å²) in [6.45, 7) is 0.927. The number of carboxylic acids is 1. The van der Waals surface area contributed by atoms with Crippen molar-refractivity contribution < 1.29 is 27.6 Å². The number of benzene rings is 2. The minimum atomic E-state index is -4.36. The molecule has 6 nitrogen and oxygen atoms in total. The predicted molar refractivity (Wildman–Crippen MR) is 104 cm³/mol. The van der Waals surface area contributed by atoms with Crippen molar-refractivity contribution in [3.63, 3.8) is 0 Å². The number of rotatable bonds is 8. The zero-order chi connectivity index (χ0) is 21.6. The third-order valence-corrected chi connectivity index (χ3v) is 4.11. The summed E-state index contributed by atoms with van der Waals surface area (Å²) >= 11 is 0. The molecule has 0 atom stereocenters. The van der Waals surface area contributed by atoms with Crippen LogP contribution in [0.4, 0.5) is 13.2 Å². The lowest BCUT2D eigenvalue weighted by Gasteiger charge is -2.03. The van der Waals surface area contributed by atoms with Gasteiger partial charge in [-0.05, 0) is 23.3 Å². The maximum atomic E-state index is 12.2. The van der Waals surface area contributed by atoms with Gasteiger partial charge in [0.05, 0.1) is 6.42 Å². The number of carbonyl (C=O) groups is 1. The highest BCUT2D eigenvalue weighted by molar-refractivity contribution is 5.66. The molecule has 0 fully saturated rings. The van der Waals surface area contributed by atoms with Crippen LogP contribution in [0.25, 0.3) is 28.9 Å². The second-order valence-corrected chi connectivity index (χ2v) is 6.44. The van der Waals surface area contributed by atoms with Gasteiger partial charge >= 0.3 is 12.1 Å². The van der Waals surface area contributed by atoms with Crippen molar-refractivity contribution in [2.75, 3.05) is 6.54 Å². The summed E-state index contributed by atoms with van der Waals surface area (Å²) in [7, 11) is 0. The summed E-state index contributed by atoms with van der Waals surface area (Å²) in [6, 6.07) is 13.7. The van der Waals surface area contributed by atoms with Crippen molar-refractivity contribution in [3.8, 4) is 22.8 Å². The Morgan fingerprint density at radius 2 is 1.73 bits per heavy atom. The fourth-order valence-corrected chi connectivity index (χ4v) is 2.59. The van der Waals surface area contributed by atoms with Crippen LogP contribution >= 0.6 is 0 Å². The van der Waals surface area contributed by atoms with Gasteiger partial charge in [0, 0.05) is 30.3 Å². The normalized spacial score (nSPS) is 11.8. The predicted octanol–water partition coefficient (Wildman–Crippen LogP) is 4.54. The Kier molecular flexibility index (Phi) is 6.63. The topological polar surface area (TPSA) is 88.2 Å². The molecule has 30 heavy (non-hydrogen) atoms. The van der Waals surface area contributed by atoms with Gasteiger partial charge in [-0.3, -0.25) is 4.79 Å². The van der Waals surface area contributed by atoms with Crippen LogP contribution in [0.15, 0.2) is 59.1 Å². The Bertz CT molecular complexity index is 1010. The van der Waals surface area contributed by atoms with Crippen molar-refractivity contribution in [1.29, 1.82) is 0 Å². The second kappa shape index (κ2) is 9.36. The standard InChI is InChI=1S/C21H18F3N3O3/c22-21(23,24)11-9-14-1-7-17(8-2-14)20-26-19(27-30-20)16-5-3-15(4-6-16)13-25-12-10-18(28)29/h1-9,11,25H,10,12-13H2,(H,28,29)/b11-9+. The number of nitrogens with zero attached hydrogens (tertiary/aromatic N) is 2. The molecule has 0 saturated heterocycles. The first-order valence-corrected chi connectivity index (χ1v) is 9.02. The monoisotopic (exact) mass is 417 g/mol. The molecule has 156 valence electrons. The molecule has 3 aromatic rings. The fraction of sp³-hybridized carbons (Fsp3) is 0.190. The van der Waals surface area contributed by atoms with Crippen LogP contribution < -0.4 is 5.32 Å². The van der Waals surface area contributed by atoms with Crippen molar-refractivity contribution >= 4 is 12.0 Å². The van der Waals surface area contributed by atoms with E-state index in [0.717, 1.165) is 17.2 Å². The third-order valence-electron chi connectivity index (χ3n) is 4.11. The molecule has 1 aromatic heterocycles. The van der Waals surface area contributed by atoms with E-state index in [4.69, 9.17) is 9.63 Å². The van der Waals surface area contributed by atoms with Gasteiger partial charge < -0.3 is 14.9 Å². The maximum Gasteiger partial charge on any atom is 0.409 e. The molecule has 2 aromatic carbocycles. The van der Waals surface area contributed by atoms with E-state index >= 15 is 0 Å². The van der Waals surface area contributed by atoms with Gasteiger partial charge in [-0.2, -0.15) is 18.2 Å². The molecule has 0 unspecified atom stereocenters. The molecule has 0 aliphatic heterocycles. The summed E-state index contributed by atoms with van der Waals surface area (Å²) in [5.41, 5.74) is 2.72. The van der Waals surface area contributed by atoms with Crippen LogP contribution in [0.5, 0.6) is 0 Å². The molecule has 9 heteroatoms. The van der Waals surface area contributed by atoms with E-state index in [1.807, 2.05) is 24.3 Å². The molecule has 0 aliphatic rings. The zero-order valence-corrected chi connectivity index (χ0v) is 15.7. The van der Waals surface area contributed by atoms with Crippen LogP contribution in [-0.2, 0) is 11.3 Å². The van der Waals surface area contributed by atoms with Crippen LogP contribution in [-0.4, -0.2) is 33.9 Å². The van der Waals surface area contributed by atoms with Crippen molar-refractivity contribution in [2.45, 2.75) is 19.1 Å². The van der Waals surface area contributed by atoms with Crippen molar-refractivity contribution in [1.82, 2.24) is 15.5 Å². The Hall–Kier alpha value is -3.46. The number of aromatic nitrogens is 2. The first-order valence-electron chi connectivity index (χ1n) is 9.02. The molecule has 0 amide bonds. The lowest BCUT2D eigenvalue weighted by molar-refractivity contribution is -0.136. The van der Waals surface area contributed by atoms with E-state index in [2.05, 4.69) is 15.5 Å². The summed E-state index contributed by atoms with van der Waals surface area (Å²) in [5, 5.41) is 15.6. The van der Waals surface area contributed by atoms with Crippen LogP contribution in [0.1, 0.15) is 17.5 Å². The Morgan fingerprint density at radius 1 is 1.07 bits per heavy atom. The van der Waals surface area contributed by atoms with Gasteiger partial charge in [0.1, 0.15) is 0 Å². The highest BCUT2D eigenvalue weighted by Crippen LogP contribution is 2.24. The number of alkyl halides is 3.